The molecule has 1 heterocycles. The molecule has 2 rings (SSSR count). The van der Waals surface area contributed by atoms with Gasteiger partial charge in [0.15, 0.2) is 0 Å². The molecular formula is C13H13ClN2. The smallest absolute Gasteiger partial charge is 0.112 e. The summed E-state index contributed by atoms with van der Waals surface area (Å²) < 4.78 is 0. The van der Waals surface area contributed by atoms with E-state index in [1.165, 1.54) is 0 Å². The van der Waals surface area contributed by atoms with Crippen LogP contribution in [0.15, 0.2) is 36.5 Å². The van der Waals surface area contributed by atoms with E-state index >= 15 is 0 Å². The van der Waals surface area contributed by atoms with Crippen LogP contribution in [0.5, 0.6) is 0 Å². The van der Waals surface area contributed by atoms with Crippen molar-refractivity contribution in [1.29, 1.82) is 0 Å². The maximum Gasteiger partial charge on any atom is 0.112 e. The van der Waals surface area contributed by atoms with Crippen LogP contribution in [0.1, 0.15) is 25.3 Å². The van der Waals surface area contributed by atoms with Crippen molar-refractivity contribution in [3.8, 4) is 11.3 Å². The van der Waals surface area contributed by atoms with Crippen LogP contribution in [0.3, 0.4) is 0 Å². The molecule has 2 aromatic rings. The Bertz CT molecular complexity index is 481. The Morgan fingerprint density at radius 2 is 1.81 bits per heavy atom. The van der Waals surface area contributed by atoms with Crippen LogP contribution in [-0.4, -0.2) is 10.2 Å². The van der Waals surface area contributed by atoms with Crippen molar-refractivity contribution in [3.63, 3.8) is 0 Å². The van der Waals surface area contributed by atoms with Gasteiger partial charge in [-0.05, 0) is 11.5 Å². The Balaban J connectivity index is 2.55. The number of hydrogen-bond acceptors (Lipinski definition) is 2. The number of aromatic nitrogens is 2. The summed E-state index contributed by atoms with van der Waals surface area (Å²) in [4.78, 5) is 0. The first kappa shape index (κ1) is 11.1. The number of benzene rings is 1. The van der Waals surface area contributed by atoms with Gasteiger partial charge in [-0.3, -0.25) is 0 Å². The summed E-state index contributed by atoms with van der Waals surface area (Å²) in [6, 6.07) is 9.88. The highest BCUT2D eigenvalue weighted by Crippen LogP contribution is 2.31. The molecule has 0 fully saturated rings. The summed E-state index contributed by atoms with van der Waals surface area (Å²) in [5.41, 5.74) is 2.80. The Morgan fingerprint density at radius 3 is 2.44 bits per heavy atom. The average molecular weight is 233 g/mol. The van der Waals surface area contributed by atoms with Crippen LogP contribution in [0.4, 0.5) is 0 Å². The van der Waals surface area contributed by atoms with Crippen LogP contribution in [-0.2, 0) is 0 Å². The van der Waals surface area contributed by atoms with Crippen molar-refractivity contribution < 1.29 is 0 Å². The minimum Gasteiger partial charge on any atom is -0.158 e. The molecule has 0 bridgehead atoms. The molecule has 0 aliphatic rings. The SMILES string of the molecule is CC(C)c1cnnc(-c2ccccc2)c1Cl. The first-order valence-electron chi connectivity index (χ1n) is 5.26. The second-order valence-corrected chi connectivity index (χ2v) is 4.36. The Kier molecular flexibility index (Phi) is 3.20. The molecule has 16 heavy (non-hydrogen) atoms. The van der Waals surface area contributed by atoms with Gasteiger partial charge in [-0.2, -0.15) is 5.10 Å². The molecule has 0 radical (unpaired) electrons. The third kappa shape index (κ3) is 2.07. The molecule has 1 aromatic heterocycles. The van der Waals surface area contributed by atoms with Crippen molar-refractivity contribution in [3.05, 3.63) is 47.1 Å². The molecule has 2 nitrogen and oxygen atoms in total. The molecule has 0 aliphatic carbocycles. The fraction of sp³-hybridized carbons (Fsp3) is 0.231. The van der Waals surface area contributed by atoms with Crippen molar-refractivity contribution in [2.75, 3.05) is 0 Å². The predicted molar refractivity (Wildman–Crippen MR) is 66.6 cm³/mol. The Hall–Kier alpha value is -1.41. The van der Waals surface area contributed by atoms with E-state index in [1.807, 2.05) is 30.3 Å². The van der Waals surface area contributed by atoms with Gasteiger partial charge >= 0.3 is 0 Å². The zero-order chi connectivity index (χ0) is 11.5. The van der Waals surface area contributed by atoms with E-state index in [0.29, 0.717) is 10.9 Å². The fourth-order valence-corrected chi connectivity index (χ4v) is 1.98. The van der Waals surface area contributed by atoms with Gasteiger partial charge in [0.1, 0.15) is 5.69 Å². The van der Waals surface area contributed by atoms with Gasteiger partial charge in [-0.1, -0.05) is 55.8 Å². The number of nitrogens with zero attached hydrogens (tertiary/aromatic N) is 2. The molecule has 0 saturated heterocycles. The van der Waals surface area contributed by atoms with Gasteiger partial charge in [0.25, 0.3) is 0 Å². The molecule has 0 atom stereocenters. The highest BCUT2D eigenvalue weighted by Gasteiger charge is 2.12. The maximum absolute atomic E-state index is 6.34. The van der Waals surface area contributed by atoms with Gasteiger partial charge in [-0.15, -0.1) is 5.10 Å². The molecule has 0 saturated carbocycles. The van der Waals surface area contributed by atoms with Crippen LogP contribution in [0.2, 0.25) is 5.02 Å². The van der Waals surface area contributed by atoms with Crippen molar-refractivity contribution >= 4 is 11.6 Å². The van der Waals surface area contributed by atoms with Gasteiger partial charge in [-0.25, -0.2) is 0 Å². The highest BCUT2D eigenvalue weighted by atomic mass is 35.5. The third-order valence-corrected chi connectivity index (χ3v) is 2.88. The standard InChI is InChI=1S/C13H13ClN2/c1-9(2)11-8-15-16-13(12(11)14)10-6-4-3-5-7-10/h3-9H,1-2H3. The topological polar surface area (TPSA) is 25.8 Å². The second kappa shape index (κ2) is 4.62. The number of hydrogen-bond donors (Lipinski definition) is 0. The van der Waals surface area contributed by atoms with E-state index in [2.05, 4.69) is 24.0 Å². The lowest BCUT2D eigenvalue weighted by Gasteiger charge is -2.10. The Labute approximate surface area is 100 Å². The number of rotatable bonds is 2. The Morgan fingerprint density at radius 1 is 1.12 bits per heavy atom. The quantitative estimate of drug-likeness (QED) is 0.784. The largest absolute Gasteiger partial charge is 0.158 e. The molecule has 82 valence electrons. The molecular weight excluding hydrogens is 220 g/mol. The summed E-state index contributed by atoms with van der Waals surface area (Å²) in [7, 11) is 0. The second-order valence-electron chi connectivity index (χ2n) is 3.98. The first-order chi connectivity index (χ1) is 7.70. The summed E-state index contributed by atoms with van der Waals surface area (Å²) in [5.74, 6) is 0.352. The zero-order valence-corrected chi connectivity index (χ0v) is 10.1. The van der Waals surface area contributed by atoms with E-state index in [4.69, 9.17) is 11.6 Å². The zero-order valence-electron chi connectivity index (χ0n) is 9.31. The highest BCUT2D eigenvalue weighted by molar-refractivity contribution is 6.33. The van der Waals surface area contributed by atoms with Crippen LogP contribution in [0, 0.1) is 0 Å². The lowest BCUT2D eigenvalue weighted by atomic mass is 10.0. The summed E-state index contributed by atoms with van der Waals surface area (Å²) in [6.07, 6.45) is 1.74. The van der Waals surface area contributed by atoms with E-state index in [0.717, 1.165) is 16.8 Å². The fourth-order valence-electron chi connectivity index (χ4n) is 1.57. The van der Waals surface area contributed by atoms with Crippen LogP contribution in [0.25, 0.3) is 11.3 Å². The molecule has 0 N–H and O–H groups in total. The lowest BCUT2D eigenvalue weighted by molar-refractivity contribution is 0.843. The first-order valence-corrected chi connectivity index (χ1v) is 5.64. The van der Waals surface area contributed by atoms with Gasteiger partial charge < -0.3 is 0 Å². The number of halogens is 1. The molecule has 3 heteroatoms. The average Bonchev–Trinajstić information content (AvgIpc) is 2.30. The minimum absolute atomic E-state index is 0.352. The molecule has 1 aromatic carbocycles. The molecule has 0 unspecified atom stereocenters. The molecule has 0 spiro atoms. The maximum atomic E-state index is 6.34. The lowest BCUT2D eigenvalue weighted by Crippen LogP contribution is -1.96. The predicted octanol–water partition coefficient (Wildman–Crippen LogP) is 3.92. The normalized spacial score (nSPS) is 10.8. The van der Waals surface area contributed by atoms with Gasteiger partial charge in [0.2, 0.25) is 0 Å². The van der Waals surface area contributed by atoms with Crippen molar-refractivity contribution in [2.45, 2.75) is 19.8 Å². The van der Waals surface area contributed by atoms with Gasteiger partial charge in [0, 0.05) is 5.56 Å². The van der Waals surface area contributed by atoms with E-state index in [9.17, 15) is 0 Å². The monoisotopic (exact) mass is 232 g/mol. The van der Waals surface area contributed by atoms with Crippen LogP contribution >= 0.6 is 11.6 Å². The van der Waals surface area contributed by atoms with Crippen LogP contribution < -0.4 is 0 Å². The summed E-state index contributed by atoms with van der Waals surface area (Å²) in [6.45, 7) is 4.19. The third-order valence-electron chi connectivity index (χ3n) is 2.49. The summed E-state index contributed by atoms with van der Waals surface area (Å²) in [5, 5.41) is 8.82. The molecule has 0 amide bonds. The van der Waals surface area contributed by atoms with E-state index < -0.39 is 0 Å². The summed E-state index contributed by atoms with van der Waals surface area (Å²) >= 11 is 6.34. The van der Waals surface area contributed by atoms with Crippen molar-refractivity contribution in [1.82, 2.24) is 10.2 Å². The van der Waals surface area contributed by atoms with Gasteiger partial charge in [0.05, 0.1) is 11.2 Å². The van der Waals surface area contributed by atoms with Crippen molar-refractivity contribution in [2.24, 2.45) is 0 Å². The van der Waals surface area contributed by atoms with E-state index in [-0.39, 0.29) is 0 Å². The minimum atomic E-state index is 0.352. The van der Waals surface area contributed by atoms with E-state index in [1.54, 1.807) is 6.20 Å². The molecule has 0 aliphatic heterocycles.